The summed E-state index contributed by atoms with van der Waals surface area (Å²) in [5, 5.41) is 7.76. The Morgan fingerprint density at radius 1 is 1.31 bits per heavy atom. The number of aromatic nitrogens is 3. The van der Waals surface area contributed by atoms with Gasteiger partial charge in [-0.15, -0.1) is 0 Å². The van der Waals surface area contributed by atoms with Gasteiger partial charge in [-0.2, -0.15) is 4.98 Å². The highest BCUT2D eigenvalue weighted by Crippen LogP contribution is 2.25. The van der Waals surface area contributed by atoms with Crippen LogP contribution < -0.4 is 0 Å². The van der Waals surface area contributed by atoms with E-state index in [1.165, 1.54) is 0 Å². The molecule has 1 atom stereocenters. The molecule has 0 aliphatic carbocycles. The SMILES string of the molecule is Cc1cc(-c2nc([C@H]3CCOC3)no2)no1. The molecule has 0 amide bonds. The first-order valence-electron chi connectivity index (χ1n) is 5.18. The second-order valence-electron chi connectivity index (χ2n) is 3.84. The Hall–Kier alpha value is -1.69. The predicted molar refractivity (Wildman–Crippen MR) is 52.7 cm³/mol. The molecule has 6 nitrogen and oxygen atoms in total. The molecule has 0 aromatic carbocycles. The second-order valence-corrected chi connectivity index (χ2v) is 3.84. The molecule has 1 saturated heterocycles. The molecule has 3 rings (SSSR count). The van der Waals surface area contributed by atoms with Crippen LogP contribution in [0.4, 0.5) is 0 Å². The number of aryl methyl sites for hydroxylation is 1. The van der Waals surface area contributed by atoms with E-state index in [0.717, 1.165) is 18.8 Å². The largest absolute Gasteiger partial charge is 0.381 e. The van der Waals surface area contributed by atoms with Gasteiger partial charge in [0.2, 0.25) is 0 Å². The lowest BCUT2D eigenvalue weighted by Crippen LogP contribution is -1.99. The number of hydrogen-bond acceptors (Lipinski definition) is 6. The van der Waals surface area contributed by atoms with E-state index in [2.05, 4.69) is 15.3 Å². The fourth-order valence-corrected chi connectivity index (χ4v) is 1.71. The lowest BCUT2D eigenvalue weighted by Gasteiger charge is -1.97. The summed E-state index contributed by atoms with van der Waals surface area (Å²) in [5.74, 6) is 2.05. The monoisotopic (exact) mass is 221 g/mol. The van der Waals surface area contributed by atoms with Crippen LogP contribution in [0, 0.1) is 6.92 Å². The van der Waals surface area contributed by atoms with Crippen LogP contribution in [0.2, 0.25) is 0 Å². The molecule has 0 spiro atoms. The topological polar surface area (TPSA) is 74.2 Å². The summed E-state index contributed by atoms with van der Waals surface area (Å²) in [6, 6.07) is 1.77. The van der Waals surface area contributed by atoms with Crippen LogP contribution in [0.1, 0.15) is 23.9 Å². The summed E-state index contributed by atoms with van der Waals surface area (Å²) in [7, 11) is 0. The zero-order valence-corrected chi connectivity index (χ0v) is 8.84. The highest BCUT2D eigenvalue weighted by Gasteiger charge is 2.24. The molecule has 2 aromatic heterocycles. The maximum atomic E-state index is 5.27. The molecule has 0 bridgehead atoms. The van der Waals surface area contributed by atoms with Gasteiger partial charge >= 0.3 is 0 Å². The molecule has 1 aliphatic rings. The average Bonchev–Trinajstić information content (AvgIpc) is 2.97. The van der Waals surface area contributed by atoms with Crippen LogP contribution >= 0.6 is 0 Å². The van der Waals surface area contributed by atoms with Gasteiger partial charge in [-0.3, -0.25) is 0 Å². The summed E-state index contributed by atoms with van der Waals surface area (Å²) in [4.78, 5) is 4.30. The van der Waals surface area contributed by atoms with Gasteiger partial charge in [0.15, 0.2) is 11.5 Å². The Balaban J connectivity index is 1.87. The minimum Gasteiger partial charge on any atom is -0.381 e. The third-order valence-electron chi connectivity index (χ3n) is 2.58. The van der Waals surface area contributed by atoms with Gasteiger partial charge in [0.25, 0.3) is 5.89 Å². The second kappa shape index (κ2) is 3.71. The molecule has 1 fully saturated rings. The predicted octanol–water partition coefficient (Wildman–Crippen LogP) is 1.54. The number of hydrogen-bond donors (Lipinski definition) is 0. The van der Waals surface area contributed by atoms with Crippen molar-refractivity contribution >= 4 is 0 Å². The van der Waals surface area contributed by atoms with E-state index in [-0.39, 0.29) is 5.92 Å². The Bertz CT molecular complexity index is 485. The molecule has 0 N–H and O–H groups in total. The van der Waals surface area contributed by atoms with Crippen LogP contribution in [-0.4, -0.2) is 28.5 Å². The fraction of sp³-hybridized carbons (Fsp3) is 0.500. The van der Waals surface area contributed by atoms with E-state index in [4.69, 9.17) is 13.8 Å². The van der Waals surface area contributed by atoms with Gasteiger partial charge in [0, 0.05) is 18.6 Å². The Morgan fingerprint density at radius 2 is 2.25 bits per heavy atom. The van der Waals surface area contributed by atoms with Crippen LogP contribution in [0.3, 0.4) is 0 Å². The molecule has 0 radical (unpaired) electrons. The highest BCUT2D eigenvalue weighted by molar-refractivity contribution is 5.45. The fourth-order valence-electron chi connectivity index (χ4n) is 1.71. The van der Waals surface area contributed by atoms with E-state index in [0.29, 0.717) is 24.0 Å². The molecule has 84 valence electrons. The summed E-state index contributed by atoms with van der Waals surface area (Å²) in [6.07, 6.45) is 0.941. The van der Waals surface area contributed by atoms with Crippen molar-refractivity contribution in [2.24, 2.45) is 0 Å². The third kappa shape index (κ3) is 1.61. The van der Waals surface area contributed by atoms with E-state index in [1.807, 2.05) is 6.92 Å². The van der Waals surface area contributed by atoms with Crippen LogP contribution in [0.25, 0.3) is 11.6 Å². The van der Waals surface area contributed by atoms with E-state index in [9.17, 15) is 0 Å². The van der Waals surface area contributed by atoms with Crippen molar-refractivity contribution in [3.63, 3.8) is 0 Å². The van der Waals surface area contributed by atoms with Crippen molar-refractivity contribution < 1.29 is 13.8 Å². The van der Waals surface area contributed by atoms with Crippen molar-refractivity contribution in [2.45, 2.75) is 19.3 Å². The van der Waals surface area contributed by atoms with Gasteiger partial charge in [0.05, 0.1) is 6.61 Å². The first kappa shape index (κ1) is 9.53. The lowest BCUT2D eigenvalue weighted by atomic mass is 10.1. The number of ether oxygens (including phenoxy) is 1. The molecular weight excluding hydrogens is 210 g/mol. The summed E-state index contributed by atoms with van der Waals surface area (Å²) >= 11 is 0. The minimum atomic E-state index is 0.241. The van der Waals surface area contributed by atoms with Crippen LogP contribution in [0.15, 0.2) is 15.1 Å². The Kier molecular flexibility index (Phi) is 2.21. The lowest BCUT2D eigenvalue weighted by molar-refractivity contribution is 0.192. The van der Waals surface area contributed by atoms with Crippen LogP contribution in [0.5, 0.6) is 0 Å². The first-order chi connectivity index (χ1) is 7.83. The van der Waals surface area contributed by atoms with Gasteiger partial charge in [-0.05, 0) is 13.3 Å². The molecule has 3 heterocycles. The smallest absolute Gasteiger partial charge is 0.280 e. The van der Waals surface area contributed by atoms with Crippen molar-refractivity contribution in [2.75, 3.05) is 13.2 Å². The zero-order chi connectivity index (χ0) is 11.0. The molecular formula is C10H11N3O3. The van der Waals surface area contributed by atoms with Crippen molar-refractivity contribution in [3.8, 4) is 11.6 Å². The average molecular weight is 221 g/mol. The molecule has 6 heteroatoms. The normalized spacial score (nSPS) is 20.4. The standard InChI is InChI=1S/C10H11N3O3/c1-6-4-8(12-15-6)10-11-9(13-16-10)7-2-3-14-5-7/h4,7H,2-3,5H2,1H3/t7-/m0/s1. The van der Waals surface area contributed by atoms with E-state index in [1.54, 1.807) is 6.07 Å². The zero-order valence-electron chi connectivity index (χ0n) is 8.84. The Labute approximate surface area is 91.6 Å². The molecule has 1 aliphatic heterocycles. The molecule has 2 aromatic rings. The molecule has 0 unspecified atom stereocenters. The Morgan fingerprint density at radius 3 is 2.94 bits per heavy atom. The van der Waals surface area contributed by atoms with Crippen molar-refractivity contribution in [1.29, 1.82) is 0 Å². The quantitative estimate of drug-likeness (QED) is 0.765. The van der Waals surface area contributed by atoms with Gasteiger partial charge in [0.1, 0.15) is 5.76 Å². The van der Waals surface area contributed by atoms with Crippen molar-refractivity contribution in [1.82, 2.24) is 15.3 Å². The maximum absolute atomic E-state index is 5.27. The van der Waals surface area contributed by atoms with Gasteiger partial charge in [-0.25, -0.2) is 0 Å². The van der Waals surface area contributed by atoms with Crippen LogP contribution in [-0.2, 0) is 4.74 Å². The number of nitrogens with zero attached hydrogens (tertiary/aromatic N) is 3. The maximum Gasteiger partial charge on any atom is 0.280 e. The summed E-state index contributed by atoms with van der Waals surface area (Å²) in [5.41, 5.74) is 0.579. The van der Waals surface area contributed by atoms with Gasteiger partial charge < -0.3 is 13.8 Å². The van der Waals surface area contributed by atoms with E-state index >= 15 is 0 Å². The third-order valence-corrected chi connectivity index (χ3v) is 2.58. The van der Waals surface area contributed by atoms with Gasteiger partial charge in [-0.1, -0.05) is 10.3 Å². The van der Waals surface area contributed by atoms with E-state index < -0.39 is 0 Å². The number of rotatable bonds is 2. The summed E-state index contributed by atoms with van der Waals surface area (Å²) in [6.45, 7) is 3.24. The summed E-state index contributed by atoms with van der Waals surface area (Å²) < 4.78 is 15.4. The molecule has 16 heavy (non-hydrogen) atoms. The minimum absolute atomic E-state index is 0.241. The first-order valence-corrected chi connectivity index (χ1v) is 5.18. The van der Waals surface area contributed by atoms with Crippen molar-refractivity contribution in [3.05, 3.63) is 17.7 Å². The highest BCUT2D eigenvalue weighted by atomic mass is 16.5. The molecule has 0 saturated carbocycles.